The molecule has 0 amide bonds. The van der Waals surface area contributed by atoms with Gasteiger partial charge in [0.05, 0.1) is 18.7 Å². The highest BCUT2D eigenvalue weighted by Gasteiger charge is 2.07. The van der Waals surface area contributed by atoms with E-state index in [-0.39, 0.29) is 0 Å². The maximum absolute atomic E-state index is 5.82. The van der Waals surface area contributed by atoms with Gasteiger partial charge in [0, 0.05) is 31.4 Å². The van der Waals surface area contributed by atoms with Crippen LogP contribution in [0, 0.1) is 0 Å². The van der Waals surface area contributed by atoms with Crippen molar-refractivity contribution in [3.8, 4) is 5.75 Å². The van der Waals surface area contributed by atoms with E-state index < -0.39 is 0 Å². The second kappa shape index (κ2) is 8.15. The highest BCUT2D eigenvalue weighted by atomic mass is 32.2. The third-order valence-corrected chi connectivity index (χ3v) is 4.42. The minimum atomic E-state index is 0.739. The second-order valence-electron chi connectivity index (χ2n) is 5.56. The van der Waals surface area contributed by atoms with E-state index in [4.69, 9.17) is 9.15 Å². The molecule has 6 heteroatoms. The fraction of sp³-hybridized carbons (Fsp3) is 0.471. The van der Waals surface area contributed by atoms with Crippen molar-refractivity contribution in [2.75, 3.05) is 13.2 Å². The predicted molar refractivity (Wildman–Crippen MR) is 93.9 cm³/mol. The van der Waals surface area contributed by atoms with Gasteiger partial charge in [0.15, 0.2) is 11.5 Å². The minimum absolute atomic E-state index is 0.739. The molecular weight excluding hydrogens is 310 g/mol. The maximum atomic E-state index is 5.82. The van der Waals surface area contributed by atoms with Gasteiger partial charge in [-0.3, -0.25) is 0 Å². The number of benzene rings is 1. The van der Waals surface area contributed by atoms with Gasteiger partial charge in [-0.05, 0) is 37.8 Å². The van der Waals surface area contributed by atoms with Crippen LogP contribution in [-0.4, -0.2) is 22.4 Å². The zero-order valence-electron chi connectivity index (χ0n) is 13.5. The Balaban J connectivity index is 1.39. The molecule has 0 unspecified atom stereocenters. The smallest absolute Gasteiger partial charge is 0.195 e. The lowest BCUT2D eigenvalue weighted by Crippen LogP contribution is -2.08. The van der Waals surface area contributed by atoms with Crippen molar-refractivity contribution in [2.24, 2.45) is 0 Å². The molecule has 124 valence electrons. The Labute approximate surface area is 141 Å². The van der Waals surface area contributed by atoms with E-state index in [0.29, 0.717) is 0 Å². The highest BCUT2D eigenvalue weighted by Crippen LogP contribution is 2.22. The van der Waals surface area contributed by atoms with Crippen molar-refractivity contribution in [1.82, 2.24) is 14.0 Å². The highest BCUT2D eigenvalue weighted by molar-refractivity contribution is 7.95. The van der Waals surface area contributed by atoms with Gasteiger partial charge < -0.3 is 18.2 Å². The molecule has 1 N–H and O–H groups in total. The number of rotatable bonds is 9. The van der Waals surface area contributed by atoms with E-state index in [2.05, 4.69) is 27.1 Å². The first-order valence-electron chi connectivity index (χ1n) is 8.23. The molecule has 1 aromatic carbocycles. The number of aryl methyl sites for hydroxylation is 1. The van der Waals surface area contributed by atoms with Crippen LogP contribution in [0.15, 0.2) is 35.0 Å². The van der Waals surface area contributed by atoms with Crippen molar-refractivity contribution in [2.45, 2.75) is 39.0 Å². The van der Waals surface area contributed by atoms with Gasteiger partial charge in [0.2, 0.25) is 0 Å². The molecule has 0 saturated carbocycles. The average molecular weight is 333 g/mol. The predicted octanol–water partition coefficient (Wildman–Crippen LogP) is 4.27. The summed E-state index contributed by atoms with van der Waals surface area (Å²) < 4.78 is 16.9. The summed E-state index contributed by atoms with van der Waals surface area (Å²) in [5.41, 5.74) is 1.72. The van der Waals surface area contributed by atoms with Crippen LogP contribution in [0.3, 0.4) is 0 Å². The molecule has 0 fully saturated rings. The molecule has 1 aliphatic heterocycles. The number of oxazole rings is 1. The number of ether oxygens (including phenoxy) is 1. The lowest BCUT2D eigenvalue weighted by atomic mass is 10.2. The molecule has 0 spiro atoms. The summed E-state index contributed by atoms with van der Waals surface area (Å²) in [5, 5.41) is 0. The first kappa shape index (κ1) is 16.1. The van der Waals surface area contributed by atoms with Crippen molar-refractivity contribution in [3.63, 3.8) is 0 Å². The van der Waals surface area contributed by atoms with Crippen LogP contribution in [0.4, 0.5) is 0 Å². The molecule has 23 heavy (non-hydrogen) atoms. The quantitative estimate of drug-likeness (QED) is 0.546. The number of unbranched alkanes of at least 4 members (excludes halogenated alkanes) is 2. The largest absolute Gasteiger partial charge is 0.493 e. The Hall–Kier alpha value is -1.82. The lowest BCUT2D eigenvalue weighted by Gasteiger charge is -2.12. The standard InChI is InChI=1S/C17H23N3O2S/c1-2-6-17-19-15-8-7-14(13-16(15)22-17)21-12-5-3-4-10-20-11-9-18-23-20/h7-9,11,13,18H,2-6,10,12H2,1H3. The van der Waals surface area contributed by atoms with Gasteiger partial charge in [-0.15, -0.1) is 0 Å². The molecule has 2 heterocycles. The van der Waals surface area contributed by atoms with Gasteiger partial charge in [-0.25, -0.2) is 4.98 Å². The fourth-order valence-corrected chi connectivity index (χ4v) is 3.06. The Morgan fingerprint density at radius 1 is 1.30 bits per heavy atom. The van der Waals surface area contributed by atoms with Crippen LogP contribution >= 0.6 is 12.1 Å². The molecule has 0 saturated heterocycles. The van der Waals surface area contributed by atoms with Crippen LogP contribution in [0.5, 0.6) is 5.75 Å². The number of hydrogen-bond acceptors (Lipinski definition) is 6. The first-order valence-corrected chi connectivity index (χ1v) is 9.00. The fourth-order valence-electron chi connectivity index (χ4n) is 2.46. The van der Waals surface area contributed by atoms with E-state index in [1.807, 2.05) is 24.4 Å². The minimum Gasteiger partial charge on any atom is -0.493 e. The van der Waals surface area contributed by atoms with E-state index in [9.17, 15) is 0 Å². The SMILES string of the molecule is CCCc1nc2ccc(OCCCCCN3C=CNS3)cc2o1. The third-order valence-electron chi connectivity index (χ3n) is 3.64. The Morgan fingerprint density at radius 3 is 3.09 bits per heavy atom. The molecule has 1 aromatic heterocycles. The monoisotopic (exact) mass is 333 g/mol. The van der Waals surface area contributed by atoms with Gasteiger partial charge in [-0.2, -0.15) is 0 Å². The van der Waals surface area contributed by atoms with Gasteiger partial charge in [0.1, 0.15) is 11.3 Å². The Bertz CT molecular complexity index is 656. The van der Waals surface area contributed by atoms with Crippen molar-refractivity contribution in [1.29, 1.82) is 0 Å². The molecule has 2 aromatic rings. The molecule has 0 aliphatic carbocycles. The number of nitrogens with one attached hydrogen (secondary N) is 1. The first-order chi connectivity index (χ1) is 11.3. The van der Waals surface area contributed by atoms with Crippen molar-refractivity contribution in [3.05, 3.63) is 36.5 Å². The normalized spacial score (nSPS) is 13.7. The van der Waals surface area contributed by atoms with Crippen molar-refractivity contribution >= 4 is 23.2 Å². The molecule has 1 aliphatic rings. The summed E-state index contributed by atoms with van der Waals surface area (Å²) in [7, 11) is 0. The zero-order chi connectivity index (χ0) is 15.9. The number of fused-ring (bicyclic) bond motifs is 1. The van der Waals surface area contributed by atoms with E-state index in [1.54, 1.807) is 12.1 Å². The van der Waals surface area contributed by atoms with Gasteiger partial charge in [-0.1, -0.05) is 6.92 Å². The topological polar surface area (TPSA) is 50.5 Å². The molecule has 0 radical (unpaired) electrons. The van der Waals surface area contributed by atoms with E-state index in [1.165, 1.54) is 6.42 Å². The molecule has 5 nitrogen and oxygen atoms in total. The number of nitrogens with zero attached hydrogens (tertiary/aromatic N) is 2. The van der Waals surface area contributed by atoms with Crippen molar-refractivity contribution < 1.29 is 9.15 Å². The van der Waals surface area contributed by atoms with Crippen LogP contribution in [0.25, 0.3) is 11.1 Å². The third kappa shape index (κ3) is 4.58. The molecule has 0 atom stereocenters. The zero-order valence-corrected chi connectivity index (χ0v) is 14.3. The van der Waals surface area contributed by atoms with Crippen LogP contribution in [-0.2, 0) is 6.42 Å². The van der Waals surface area contributed by atoms with Gasteiger partial charge >= 0.3 is 0 Å². The van der Waals surface area contributed by atoms with Crippen LogP contribution in [0.1, 0.15) is 38.5 Å². The maximum Gasteiger partial charge on any atom is 0.195 e. The second-order valence-corrected chi connectivity index (χ2v) is 6.45. The van der Waals surface area contributed by atoms with Crippen LogP contribution in [0.2, 0.25) is 0 Å². The molecule has 0 bridgehead atoms. The summed E-state index contributed by atoms with van der Waals surface area (Å²) in [6.07, 6.45) is 9.34. The van der Waals surface area contributed by atoms with Gasteiger partial charge in [0.25, 0.3) is 0 Å². The summed E-state index contributed by atoms with van der Waals surface area (Å²) in [4.78, 5) is 4.46. The summed E-state index contributed by atoms with van der Waals surface area (Å²) in [6.45, 7) is 3.93. The van der Waals surface area contributed by atoms with Crippen LogP contribution < -0.4 is 9.46 Å². The number of aromatic nitrogens is 1. The summed E-state index contributed by atoms with van der Waals surface area (Å²) >= 11 is 1.63. The Kier molecular flexibility index (Phi) is 5.69. The number of hydrogen-bond donors (Lipinski definition) is 1. The summed E-state index contributed by atoms with van der Waals surface area (Å²) in [6, 6.07) is 5.88. The lowest BCUT2D eigenvalue weighted by molar-refractivity contribution is 0.304. The van der Waals surface area contributed by atoms with E-state index in [0.717, 1.165) is 61.6 Å². The molecular formula is C17H23N3O2S. The Morgan fingerprint density at radius 2 is 2.26 bits per heavy atom. The average Bonchev–Trinajstić information content (AvgIpc) is 3.19. The molecule has 3 rings (SSSR count). The summed E-state index contributed by atoms with van der Waals surface area (Å²) in [5.74, 6) is 1.67. The van der Waals surface area contributed by atoms with E-state index >= 15 is 0 Å².